The Kier molecular flexibility index (Phi) is 5.66. The third kappa shape index (κ3) is 6.22. The van der Waals surface area contributed by atoms with Gasteiger partial charge < -0.3 is 15.2 Å². The molecule has 0 spiro atoms. The van der Waals surface area contributed by atoms with Gasteiger partial charge in [0.05, 0.1) is 0 Å². The Morgan fingerprint density at radius 2 is 2.05 bits per heavy atom. The predicted octanol–water partition coefficient (Wildman–Crippen LogP) is 1.64. The fraction of sp³-hybridized carbons (Fsp3) is 0.500. The third-order valence-corrected chi connectivity index (χ3v) is 2.54. The molecule has 0 aromatic carbocycles. The summed E-state index contributed by atoms with van der Waals surface area (Å²) in [5.74, 6) is -0.571. The van der Waals surface area contributed by atoms with Gasteiger partial charge in [-0.05, 0) is 45.9 Å². The summed E-state index contributed by atoms with van der Waals surface area (Å²) in [5.41, 5.74) is 0.178. The number of amides is 1. The van der Waals surface area contributed by atoms with E-state index < -0.39 is 23.7 Å². The maximum absolute atomic E-state index is 11.6. The number of carboxylic acid groups (broad SMARTS) is 1. The summed E-state index contributed by atoms with van der Waals surface area (Å²) in [5, 5.41) is 14.2. The molecule has 1 aromatic heterocycles. The summed E-state index contributed by atoms with van der Waals surface area (Å²) in [6, 6.07) is 2.65. The van der Waals surface area contributed by atoms with Crippen molar-refractivity contribution in [2.45, 2.75) is 38.8 Å². The fourth-order valence-corrected chi connectivity index (χ4v) is 1.58. The molecular weight excluding hydrogens is 274 g/mol. The van der Waals surface area contributed by atoms with E-state index in [0.717, 1.165) is 5.56 Å². The fourth-order valence-electron chi connectivity index (χ4n) is 1.58. The van der Waals surface area contributed by atoms with Crippen LogP contribution in [-0.2, 0) is 16.0 Å². The molecule has 0 aliphatic carbocycles. The molecule has 0 saturated carbocycles. The normalized spacial score (nSPS) is 12.6. The van der Waals surface area contributed by atoms with E-state index in [1.54, 1.807) is 40.0 Å². The molecule has 0 bridgehead atoms. The van der Waals surface area contributed by atoms with Crippen LogP contribution in [0.4, 0.5) is 10.6 Å². The average molecular weight is 295 g/mol. The van der Waals surface area contributed by atoms with Gasteiger partial charge in [0.1, 0.15) is 17.5 Å². The summed E-state index contributed by atoms with van der Waals surface area (Å²) in [4.78, 5) is 26.6. The number of nitrogens with one attached hydrogen (secondary N) is 2. The van der Waals surface area contributed by atoms with E-state index in [1.807, 2.05) is 0 Å². The van der Waals surface area contributed by atoms with Crippen LogP contribution >= 0.6 is 0 Å². The van der Waals surface area contributed by atoms with Crippen LogP contribution in [0.3, 0.4) is 0 Å². The molecular formula is C14H21N3O4. The van der Waals surface area contributed by atoms with Gasteiger partial charge in [-0.1, -0.05) is 6.07 Å². The molecule has 1 atom stereocenters. The van der Waals surface area contributed by atoms with E-state index in [2.05, 4.69) is 15.6 Å². The van der Waals surface area contributed by atoms with Gasteiger partial charge >= 0.3 is 12.1 Å². The van der Waals surface area contributed by atoms with E-state index in [-0.39, 0.29) is 0 Å². The number of carbonyl (C=O) groups excluding carboxylic acids is 1. The first-order chi connectivity index (χ1) is 9.71. The summed E-state index contributed by atoms with van der Waals surface area (Å²) in [6.45, 7) is 5.31. The summed E-state index contributed by atoms with van der Waals surface area (Å²) in [6.07, 6.45) is 1.26. The summed E-state index contributed by atoms with van der Waals surface area (Å²) < 4.78 is 5.11. The molecule has 1 aromatic rings. The Labute approximate surface area is 123 Å². The van der Waals surface area contributed by atoms with Gasteiger partial charge in [-0.2, -0.15) is 0 Å². The Bertz CT molecular complexity index is 494. The van der Waals surface area contributed by atoms with E-state index >= 15 is 0 Å². The van der Waals surface area contributed by atoms with Crippen LogP contribution in [0, 0.1) is 0 Å². The molecule has 7 heteroatoms. The minimum Gasteiger partial charge on any atom is -0.480 e. The monoisotopic (exact) mass is 295 g/mol. The molecule has 1 amide bonds. The maximum atomic E-state index is 11.6. The third-order valence-electron chi connectivity index (χ3n) is 2.54. The molecule has 1 heterocycles. The van der Waals surface area contributed by atoms with E-state index in [0.29, 0.717) is 12.2 Å². The lowest BCUT2D eigenvalue weighted by Gasteiger charge is -2.19. The highest BCUT2D eigenvalue weighted by atomic mass is 16.6. The quantitative estimate of drug-likeness (QED) is 0.763. The highest BCUT2D eigenvalue weighted by molar-refractivity contribution is 5.83. The zero-order chi connectivity index (χ0) is 16.0. The highest BCUT2D eigenvalue weighted by Gasteiger charge is 2.17. The Morgan fingerprint density at radius 3 is 2.48 bits per heavy atom. The highest BCUT2D eigenvalue weighted by Crippen LogP contribution is 2.11. The zero-order valence-electron chi connectivity index (χ0n) is 12.6. The number of aromatic nitrogens is 1. The number of carbonyl (C=O) groups is 2. The van der Waals surface area contributed by atoms with Crippen LogP contribution in [0.2, 0.25) is 0 Å². The largest absolute Gasteiger partial charge is 0.480 e. The van der Waals surface area contributed by atoms with Gasteiger partial charge in [0.25, 0.3) is 0 Å². The van der Waals surface area contributed by atoms with Crippen molar-refractivity contribution in [2.75, 3.05) is 12.4 Å². The first kappa shape index (κ1) is 16.9. The molecule has 1 rings (SSSR count). The summed E-state index contributed by atoms with van der Waals surface area (Å²) >= 11 is 0. The number of pyridine rings is 1. The minimum absolute atomic E-state index is 0.311. The molecule has 7 nitrogen and oxygen atoms in total. The van der Waals surface area contributed by atoms with E-state index in [4.69, 9.17) is 9.84 Å². The van der Waals surface area contributed by atoms with Crippen molar-refractivity contribution < 1.29 is 19.4 Å². The predicted molar refractivity (Wildman–Crippen MR) is 78.3 cm³/mol. The Morgan fingerprint density at radius 1 is 1.38 bits per heavy atom. The van der Waals surface area contributed by atoms with Crippen molar-refractivity contribution in [3.8, 4) is 0 Å². The van der Waals surface area contributed by atoms with Gasteiger partial charge in [0.2, 0.25) is 0 Å². The molecule has 3 N–H and O–H groups in total. The SMILES string of the molecule is CN[C@@H](Cc1ccc(NC(=O)OC(C)(C)C)nc1)C(=O)O. The number of anilines is 1. The number of ether oxygens (including phenoxy) is 1. The maximum Gasteiger partial charge on any atom is 0.413 e. The molecule has 0 fully saturated rings. The number of aliphatic carboxylic acids is 1. The van der Waals surface area contributed by atoms with Crippen molar-refractivity contribution >= 4 is 17.9 Å². The van der Waals surface area contributed by atoms with Crippen LogP contribution in [0.5, 0.6) is 0 Å². The van der Waals surface area contributed by atoms with Crippen LogP contribution in [-0.4, -0.2) is 40.8 Å². The standard InChI is InChI=1S/C14H21N3O4/c1-14(2,3)21-13(20)17-11-6-5-9(8-16-11)7-10(15-4)12(18)19/h5-6,8,10,15H,7H2,1-4H3,(H,18,19)(H,16,17,20)/t10-/m0/s1. The van der Waals surface area contributed by atoms with Gasteiger partial charge in [0, 0.05) is 6.20 Å². The average Bonchev–Trinajstić information content (AvgIpc) is 2.35. The second-order valence-corrected chi connectivity index (χ2v) is 5.56. The van der Waals surface area contributed by atoms with Crippen molar-refractivity contribution in [2.24, 2.45) is 0 Å². The first-order valence-electron chi connectivity index (χ1n) is 6.56. The van der Waals surface area contributed by atoms with Crippen molar-refractivity contribution in [1.82, 2.24) is 10.3 Å². The number of rotatable bonds is 5. The van der Waals surface area contributed by atoms with Gasteiger partial charge in [-0.3, -0.25) is 10.1 Å². The lowest BCUT2D eigenvalue weighted by Crippen LogP contribution is -2.35. The number of likely N-dealkylation sites (N-methyl/N-ethyl adjacent to an activating group) is 1. The topological polar surface area (TPSA) is 101 Å². The molecule has 0 radical (unpaired) electrons. The second-order valence-electron chi connectivity index (χ2n) is 5.56. The number of hydrogen-bond donors (Lipinski definition) is 3. The lowest BCUT2D eigenvalue weighted by molar-refractivity contribution is -0.139. The first-order valence-corrected chi connectivity index (χ1v) is 6.56. The molecule has 0 aliphatic heterocycles. The van der Waals surface area contributed by atoms with Crippen molar-refractivity contribution in [3.63, 3.8) is 0 Å². The lowest BCUT2D eigenvalue weighted by atomic mass is 10.1. The zero-order valence-corrected chi connectivity index (χ0v) is 12.6. The molecule has 0 saturated heterocycles. The van der Waals surface area contributed by atoms with Crippen LogP contribution in [0.25, 0.3) is 0 Å². The van der Waals surface area contributed by atoms with Crippen LogP contribution < -0.4 is 10.6 Å². The van der Waals surface area contributed by atoms with E-state index in [9.17, 15) is 9.59 Å². The molecule has 21 heavy (non-hydrogen) atoms. The van der Waals surface area contributed by atoms with Crippen LogP contribution in [0.15, 0.2) is 18.3 Å². The van der Waals surface area contributed by atoms with E-state index in [1.165, 1.54) is 6.20 Å². The summed E-state index contributed by atoms with van der Waals surface area (Å²) in [7, 11) is 1.59. The number of nitrogens with zero attached hydrogens (tertiary/aromatic N) is 1. The Hall–Kier alpha value is -2.15. The van der Waals surface area contributed by atoms with Crippen molar-refractivity contribution in [3.05, 3.63) is 23.9 Å². The van der Waals surface area contributed by atoms with Crippen LogP contribution in [0.1, 0.15) is 26.3 Å². The van der Waals surface area contributed by atoms with Gasteiger partial charge in [0.15, 0.2) is 0 Å². The molecule has 0 aliphatic rings. The van der Waals surface area contributed by atoms with Crippen molar-refractivity contribution in [1.29, 1.82) is 0 Å². The van der Waals surface area contributed by atoms with Gasteiger partial charge in [-0.15, -0.1) is 0 Å². The van der Waals surface area contributed by atoms with Gasteiger partial charge in [-0.25, -0.2) is 9.78 Å². The molecule has 116 valence electrons. The number of hydrogen-bond acceptors (Lipinski definition) is 5. The second kappa shape index (κ2) is 7.03. The minimum atomic E-state index is -0.923. The Balaban J connectivity index is 2.62. The molecule has 0 unspecified atom stereocenters. The smallest absolute Gasteiger partial charge is 0.413 e. The number of carboxylic acids is 1.